The zero-order valence-electron chi connectivity index (χ0n) is 11.4. The third-order valence-corrected chi connectivity index (χ3v) is 3.94. The molecular weight excluding hydrogens is 282 g/mol. The van der Waals surface area contributed by atoms with Crippen LogP contribution < -0.4 is 14.8 Å². The minimum absolute atomic E-state index is 0.0378. The molecule has 0 saturated carbocycles. The largest absolute Gasteiger partial charge is 0.454 e. The Morgan fingerprint density at radius 2 is 1.91 bits per heavy atom. The molecule has 108 valence electrons. The minimum Gasteiger partial charge on any atom is -0.454 e. The van der Waals surface area contributed by atoms with Crippen LogP contribution in [0.5, 0.6) is 11.5 Å². The van der Waals surface area contributed by atoms with Crippen LogP contribution >= 0.6 is 0 Å². The summed E-state index contributed by atoms with van der Waals surface area (Å²) in [5.74, 6) is 2.08. The van der Waals surface area contributed by atoms with Gasteiger partial charge in [-0.1, -0.05) is 35.4 Å². The molecule has 2 aliphatic heterocycles. The van der Waals surface area contributed by atoms with E-state index >= 15 is 0 Å². The number of nitrogens with one attached hydrogen (secondary N) is 1. The lowest BCUT2D eigenvalue weighted by Crippen LogP contribution is -2.23. The summed E-state index contributed by atoms with van der Waals surface area (Å²) in [5, 5.41) is 15.2. The van der Waals surface area contributed by atoms with Gasteiger partial charge in [-0.15, -0.1) is 0 Å². The van der Waals surface area contributed by atoms with E-state index in [0.29, 0.717) is 11.7 Å². The first-order valence-electron chi connectivity index (χ1n) is 6.94. The number of anilines is 1. The molecule has 2 aliphatic rings. The first kappa shape index (κ1) is 11.6. The molecule has 0 fully saturated rings. The van der Waals surface area contributed by atoms with E-state index in [2.05, 4.69) is 33.0 Å². The van der Waals surface area contributed by atoms with Gasteiger partial charge in [0.1, 0.15) is 0 Å². The summed E-state index contributed by atoms with van der Waals surface area (Å²) in [6, 6.07) is 14.1. The van der Waals surface area contributed by atoms with Gasteiger partial charge >= 0.3 is 0 Å². The first-order chi connectivity index (χ1) is 10.9. The number of nitrogens with zero attached hydrogens (tertiary/aromatic N) is 4. The fraction of sp³-hybridized carbons (Fsp3) is 0.133. The Bertz CT molecular complexity index is 862. The maximum atomic E-state index is 5.51. The second-order valence-corrected chi connectivity index (χ2v) is 5.17. The van der Waals surface area contributed by atoms with Crippen LogP contribution in [0.4, 0.5) is 5.95 Å². The first-order valence-corrected chi connectivity index (χ1v) is 6.94. The second-order valence-electron chi connectivity index (χ2n) is 5.17. The molecule has 5 rings (SSSR count). The highest BCUT2D eigenvalue weighted by Crippen LogP contribution is 2.43. The monoisotopic (exact) mass is 293 g/mol. The maximum Gasteiger partial charge on any atom is 0.248 e. The molecule has 0 spiro atoms. The Morgan fingerprint density at radius 3 is 2.77 bits per heavy atom. The zero-order chi connectivity index (χ0) is 14.5. The predicted molar refractivity (Wildman–Crippen MR) is 77.2 cm³/mol. The van der Waals surface area contributed by atoms with Crippen molar-refractivity contribution < 1.29 is 9.47 Å². The fourth-order valence-corrected chi connectivity index (χ4v) is 2.92. The van der Waals surface area contributed by atoms with E-state index in [1.807, 2.05) is 30.3 Å². The Hall–Kier alpha value is -3.09. The lowest BCUT2D eigenvalue weighted by Gasteiger charge is -2.27. The SMILES string of the molecule is c1ccc(C2Nc3nnnn3-c3cc4c(cc32)OCO4)cc1. The molecule has 3 heterocycles. The fourth-order valence-electron chi connectivity index (χ4n) is 2.92. The zero-order valence-corrected chi connectivity index (χ0v) is 11.4. The molecule has 7 heteroatoms. The standard InChI is InChI=1S/C15H11N5O2/c1-2-4-9(5-3-1)14-10-6-12-13(22-8-21-12)7-11(10)20-15(16-14)17-18-19-20/h1-7,14H,8H2,(H,16,17,19). The second kappa shape index (κ2) is 4.20. The quantitative estimate of drug-likeness (QED) is 0.738. The van der Waals surface area contributed by atoms with E-state index in [4.69, 9.17) is 9.47 Å². The van der Waals surface area contributed by atoms with Gasteiger partial charge in [0.05, 0.1) is 11.7 Å². The summed E-state index contributed by atoms with van der Waals surface area (Å²) in [6.07, 6.45) is 0. The third-order valence-electron chi connectivity index (χ3n) is 3.94. The summed E-state index contributed by atoms with van der Waals surface area (Å²) in [7, 11) is 0. The predicted octanol–water partition coefficient (Wildman–Crippen LogP) is 1.91. The van der Waals surface area contributed by atoms with Gasteiger partial charge < -0.3 is 14.8 Å². The smallest absolute Gasteiger partial charge is 0.248 e. The number of aromatic nitrogens is 4. The van der Waals surface area contributed by atoms with Crippen molar-refractivity contribution in [1.29, 1.82) is 0 Å². The van der Waals surface area contributed by atoms with Gasteiger partial charge in [-0.2, -0.15) is 4.68 Å². The molecule has 2 aromatic carbocycles. The average molecular weight is 293 g/mol. The molecule has 1 N–H and O–H groups in total. The van der Waals surface area contributed by atoms with Crippen molar-refractivity contribution >= 4 is 5.95 Å². The van der Waals surface area contributed by atoms with Crippen molar-refractivity contribution in [3.05, 3.63) is 53.6 Å². The van der Waals surface area contributed by atoms with Gasteiger partial charge in [0.2, 0.25) is 12.7 Å². The summed E-state index contributed by atoms with van der Waals surface area (Å²) in [6.45, 7) is 0.240. The van der Waals surface area contributed by atoms with Crippen molar-refractivity contribution in [2.45, 2.75) is 6.04 Å². The maximum absolute atomic E-state index is 5.51. The van der Waals surface area contributed by atoms with Crippen molar-refractivity contribution in [2.75, 3.05) is 12.1 Å². The topological polar surface area (TPSA) is 74.1 Å². The molecule has 22 heavy (non-hydrogen) atoms. The molecule has 7 nitrogen and oxygen atoms in total. The van der Waals surface area contributed by atoms with Gasteiger partial charge in [0, 0.05) is 11.6 Å². The minimum atomic E-state index is -0.0378. The van der Waals surface area contributed by atoms with Crippen molar-refractivity contribution in [1.82, 2.24) is 20.2 Å². The number of hydrogen-bond acceptors (Lipinski definition) is 6. The highest BCUT2D eigenvalue weighted by molar-refractivity contribution is 5.63. The Kier molecular flexibility index (Phi) is 2.21. The molecule has 0 aliphatic carbocycles. The van der Waals surface area contributed by atoms with Gasteiger partial charge in [0.25, 0.3) is 0 Å². The van der Waals surface area contributed by atoms with Crippen LogP contribution in [0.1, 0.15) is 17.2 Å². The average Bonchev–Trinajstić information content (AvgIpc) is 3.21. The highest BCUT2D eigenvalue weighted by atomic mass is 16.7. The Labute approximate surface area is 125 Å². The van der Waals surface area contributed by atoms with E-state index < -0.39 is 0 Å². The number of fused-ring (bicyclic) bond motifs is 4. The normalized spacial score (nSPS) is 17.5. The van der Waals surface area contributed by atoms with Gasteiger partial charge in [0.15, 0.2) is 11.5 Å². The van der Waals surface area contributed by atoms with Crippen LogP contribution in [-0.4, -0.2) is 27.0 Å². The Morgan fingerprint density at radius 1 is 1.09 bits per heavy atom. The van der Waals surface area contributed by atoms with Gasteiger partial charge in [-0.25, -0.2) is 0 Å². The van der Waals surface area contributed by atoms with Crippen LogP contribution in [0.15, 0.2) is 42.5 Å². The molecule has 3 aromatic rings. The van der Waals surface area contributed by atoms with E-state index in [9.17, 15) is 0 Å². The van der Waals surface area contributed by atoms with Crippen molar-refractivity contribution in [2.24, 2.45) is 0 Å². The number of benzene rings is 2. The molecule has 0 radical (unpaired) electrons. The van der Waals surface area contributed by atoms with Gasteiger partial charge in [-0.05, 0) is 22.1 Å². The number of tetrazole rings is 1. The Balaban J connectivity index is 1.76. The van der Waals surface area contributed by atoms with Crippen LogP contribution in [0.3, 0.4) is 0 Å². The number of rotatable bonds is 1. The van der Waals surface area contributed by atoms with Crippen LogP contribution in [0.25, 0.3) is 5.69 Å². The third kappa shape index (κ3) is 1.53. The molecule has 0 amide bonds. The van der Waals surface area contributed by atoms with E-state index in [1.54, 1.807) is 4.68 Å². The molecular formula is C15H11N5O2. The van der Waals surface area contributed by atoms with Crippen LogP contribution in [0, 0.1) is 0 Å². The van der Waals surface area contributed by atoms with Crippen LogP contribution in [0.2, 0.25) is 0 Å². The summed E-state index contributed by atoms with van der Waals surface area (Å²) in [4.78, 5) is 0. The molecule has 1 unspecified atom stereocenters. The van der Waals surface area contributed by atoms with E-state index in [-0.39, 0.29) is 12.8 Å². The number of ether oxygens (including phenoxy) is 2. The molecule has 1 atom stereocenters. The summed E-state index contributed by atoms with van der Waals surface area (Å²) < 4.78 is 12.7. The summed E-state index contributed by atoms with van der Waals surface area (Å²) >= 11 is 0. The lowest BCUT2D eigenvalue weighted by atomic mass is 9.95. The lowest BCUT2D eigenvalue weighted by molar-refractivity contribution is 0.174. The molecule has 1 aromatic heterocycles. The number of hydrogen-bond donors (Lipinski definition) is 1. The molecule has 0 saturated heterocycles. The summed E-state index contributed by atoms with van der Waals surface area (Å²) in [5.41, 5.74) is 3.09. The van der Waals surface area contributed by atoms with Crippen molar-refractivity contribution in [3.8, 4) is 17.2 Å². The van der Waals surface area contributed by atoms with Gasteiger partial charge in [-0.3, -0.25) is 0 Å². The van der Waals surface area contributed by atoms with E-state index in [1.165, 1.54) is 0 Å². The van der Waals surface area contributed by atoms with Crippen LogP contribution in [-0.2, 0) is 0 Å². The highest BCUT2D eigenvalue weighted by Gasteiger charge is 2.30. The van der Waals surface area contributed by atoms with E-state index in [0.717, 1.165) is 22.6 Å². The molecule has 0 bridgehead atoms. The van der Waals surface area contributed by atoms with Crippen molar-refractivity contribution in [3.63, 3.8) is 0 Å².